The number of furan rings is 1. The summed E-state index contributed by atoms with van der Waals surface area (Å²) in [6.07, 6.45) is 1.43. The summed E-state index contributed by atoms with van der Waals surface area (Å²) >= 11 is 1.23. The quantitative estimate of drug-likeness (QED) is 0.491. The fraction of sp³-hybridized carbons (Fsp3) is 0.150. The number of anilines is 1. The fourth-order valence-electron chi connectivity index (χ4n) is 2.47. The molecule has 0 atom stereocenters. The van der Waals surface area contributed by atoms with Gasteiger partial charge in [0.05, 0.1) is 30.5 Å². The van der Waals surface area contributed by atoms with Gasteiger partial charge in [-0.05, 0) is 48.9 Å². The molecule has 7 nitrogen and oxygen atoms in total. The Morgan fingerprint density at radius 3 is 2.64 bits per heavy atom. The highest BCUT2D eigenvalue weighted by Crippen LogP contribution is 2.25. The number of thiophene rings is 1. The lowest BCUT2D eigenvalue weighted by atomic mass is 10.2. The Labute approximate surface area is 165 Å². The number of methoxy groups -OCH3 is 1. The molecule has 0 radical (unpaired) electrons. The van der Waals surface area contributed by atoms with Crippen molar-refractivity contribution in [2.75, 3.05) is 12.4 Å². The predicted molar refractivity (Wildman–Crippen MR) is 105 cm³/mol. The average molecular weight is 398 g/mol. The number of hydrogen-bond donors (Lipinski definition) is 2. The molecule has 3 rings (SSSR count). The van der Waals surface area contributed by atoms with E-state index in [-0.39, 0.29) is 18.1 Å². The van der Waals surface area contributed by atoms with Crippen molar-refractivity contribution in [3.8, 4) is 5.75 Å². The molecule has 0 aliphatic heterocycles. The molecule has 1 aromatic carbocycles. The summed E-state index contributed by atoms with van der Waals surface area (Å²) in [5.74, 6) is -1.09. The zero-order valence-electron chi connectivity index (χ0n) is 15.3. The van der Waals surface area contributed by atoms with Gasteiger partial charge in [-0.25, -0.2) is 0 Å². The van der Waals surface area contributed by atoms with Gasteiger partial charge in [-0.2, -0.15) is 0 Å². The standard InChI is InChI=1S/C20H18N2O5S/c1-12-5-7-15(26-2)14(10-12)22-20(25)19(24)21-11-13-6-8-17(28-13)18(23)16-4-3-9-27-16/h3-10H,11H2,1-2H3,(H,21,24)(H,22,25). The number of rotatable bonds is 6. The van der Waals surface area contributed by atoms with Gasteiger partial charge in [-0.3, -0.25) is 14.4 Å². The first kappa shape index (κ1) is 19.4. The van der Waals surface area contributed by atoms with Crippen molar-refractivity contribution in [2.24, 2.45) is 0 Å². The first-order valence-corrected chi connectivity index (χ1v) is 9.20. The maximum absolute atomic E-state index is 12.2. The summed E-state index contributed by atoms with van der Waals surface area (Å²) in [5.41, 5.74) is 1.34. The first-order chi connectivity index (χ1) is 13.5. The van der Waals surface area contributed by atoms with Crippen molar-refractivity contribution < 1.29 is 23.5 Å². The summed E-state index contributed by atoms with van der Waals surface area (Å²) in [5, 5.41) is 5.08. The van der Waals surface area contributed by atoms with Crippen LogP contribution in [-0.2, 0) is 16.1 Å². The molecule has 2 amide bonds. The average Bonchev–Trinajstić information content (AvgIpc) is 3.38. The molecule has 144 valence electrons. The second-order valence-electron chi connectivity index (χ2n) is 5.91. The molecule has 0 bridgehead atoms. The molecule has 2 heterocycles. The summed E-state index contributed by atoms with van der Waals surface area (Å²) in [4.78, 5) is 37.7. The molecule has 0 unspecified atom stereocenters. The van der Waals surface area contributed by atoms with Gasteiger partial charge in [0.2, 0.25) is 5.78 Å². The first-order valence-electron chi connectivity index (χ1n) is 8.38. The minimum atomic E-state index is -0.799. The lowest BCUT2D eigenvalue weighted by Gasteiger charge is -2.10. The lowest BCUT2D eigenvalue weighted by molar-refractivity contribution is -0.136. The number of carbonyl (C=O) groups excluding carboxylic acids is 3. The highest BCUT2D eigenvalue weighted by atomic mass is 32.1. The van der Waals surface area contributed by atoms with E-state index in [0.29, 0.717) is 16.3 Å². The zero-order chi connectivity index (χ0) is 20.1. The Bertz CT molecular complexity index is 1010. The topological polar surface area (TPSA) is 97.6 Å². The number of benzene rings is 1. The second-order valence-corrected chi connectivity index (χ2v) is 7.08. The Hall–Kier alpha value is -3.39. The van der Waals surface area contributed by atoms with Gasteiger partial charge in [0.1, 0.15) is 5.75 Å². The van der Waals surface area contributed by atoms with Crippen LogP contribution in [0, 0.1) is 6.92 Å². The molecule has 0 saturated heterocycles. The van der Waals surface area contributed by atoms with Gasteiger partial charge < -0.3 is 19.8 Å². The summed E-state index contributed by atoms with van der Waals surface area (Å²) in [7, 11) is 1.48. The molecule has 2 aromatic heterocycles. The van der Waals surface area contributed by atoms with Gasteiger partial charge in [0.25, 0.3) is 0 Å². The lowest BCUT2D eigenvalue weighted by Crippen LogP contribution is -2.34. The smallest absolute Gasteiger partial charge is 0.313 e. The number of ketones is 1. The third-order valence-electron chi connectivity index (χ3n) is 3.86. The SMILES string of the molecule is COc1ccc(C)cc1NC(=O)C(=O)NCc1ccc(C(=O)c2ccco2)s1. The molecular weight excluding hydrogens is 380 g/mol. The molecule has 0 spiro atoms. The Balaban J connectivity index is 1.58. The van der Waals surface area contributed by atoms with E-state index < -0.39 is 11.8 Å². The molecule has 0 aliphatic carbocycles. The normalized spacial score (nSPS) is 10.4. The summed E-state index contributed by atoms with van der Waals surface area (Å²) in [6.45, 7) is 2.00. The van der Waals surface area contributed by atoms with Crippen LogP contribution < -0.4 is 15.4 Å². The number of ether oxygens (including phenoxy) is 1. The van der Waals surface area contributed by atoms with Crippen LogP contribution in [-0.4, -0.2) is 24.7 Å². The summed E-state index contributed by atoms with van der Waals surface area (Å²) < 4.78 is 10.3. The molecule has 3 aromatic rings. The van der Waals surface area contributed by atoms with Crippen LogP contribution in [0.25, 0.3) is 0 Å². The molecule has 8 heteroatoms. The van der Waals surface area contributed by atoms with Crippen molar-refractivity contribution in [3.63, 3.8) is 0 Å². The molecule has 0 fully saturated rings. The molecule has 0 saturated carbocycles. The minimum Gasteiger partial charge on any atom is -0.495 e. The molecule has 2 N–H and O–H groups in total. The van der Waals surface area contributed by atoms with Crippen LogP contribution >= 0.6 is 11.3 Å². The maximum atomic E-state index is 12.2. The Morgan fingerprint density at radius 2 is 1.93 bits per heavy atom. The van der Waals surface area contributed by atoms with Crippen LogP contribution in [0.4, 0.5) is 5.69 Å². The third-order valence-corrected chi connectivity index (χ3v) is 4.95. The largest absolute Gasteiger partial charge is 0.495 e. The van der Waals surface area contributed by atoms with Crippen LogP contribution in [0.15, 0.2) is 53.1 Å². The number of nitrogens with one attached hydrogen (secondary N) is 2. The van der Waals surface area contributed by atoms with Crippen molar-refractivity contribution in [1.82, 2.24) is 5.32 Å². The number of amides is 2. The van der Waals surface area contributed by atoms with Crippen LogP contribution in [0.1, 0.15) is 25.9 Å². The van der Waals surface area contributed by atoms with E-state index in [1.54, 1.807) is 36.4 Å². The van der Waals surface area contributed by atoms with Gasteiger partial charge in [0, 0.05) is 4.88 Å². The van der Waals surface area contributed by atoms with Crippen LogP contribution in [0.3, 0.4) is 0 Å². The van der Waals surface area contributed by atoms with E-state index in [2.05, 4.69) is 10.6 Å². The zero-order valence-corrected chi connectivity index (χ0v) is 16.1. The van der Waals surface area contributed by atoms with Gasteiger partial charge in [-0.15, -0.1) is 11.3 Å². The van der Waals surface area contributed by atoms with E-state index in [1.165, 1.54) is 24.7 Å². The predicted octanol–water partition coefficient (Wildman–Crippen LogP) is 3.14. The van der Waals surface area contributed by atoms with Crippen molar-refractivity contribution >= 4 is 34.6 Å². The highest BCUT2D eigenvalue weighted by molar-refractivity contribution is 7.14. The van der Waals surface area contributed by atoms with Gasteiger partial charge in [-0.1, -0.05) is 6.07 Å². The number of aryl methyl sites for hydroxylation is 1. The van der Waals surface area contributed by atoms with Crippen LogP contribution in [0.2, 0.25) is 0 Å². The fourth-order valence-corrected chi connectivity index (χ4v) is 3.36. The van der Waals surface area contributed by atoms with E-state index in [4.69, 9.17) is 9.15 Å². The second kappa shape index (κ2) is 8.53. The van der Waals surface area contributed by atoms with E-state index in [9.17, 15) is 14.4 Å². The Kier molecular flexibility index (Phi) is 5.90. The maximum Gasteiger partial charge on any atom is 0.313 e. The van der Waals surface area contributed by atoms with E-state index in [1.807, 2.05) is 13.0 Å². The van der Waals surface area contributed by atoms with Gasteiger partial charge in [0.15, 0.2) is 5.76 Å². The van der Waals surface area contributed by atoms with Crippen molar-refractivity contribution in [2.45, 2.75) is 13.5 Å². The number of hydrogen-bond acceptors (Lipinski definition) is 6. The van der Waals surface area contributed by atoms with Crippen molar-refractivity contribution in [3.05, 3.63) is 69.8 Å². The van der Waals surface area contributed by atoms with E-state index in [0.717, 1.165) is 10.4 Å². The monoisotopic (exact) mass is 398 g/mol. The third kappa shape index (κ3) is 4.47. The van der Waals surface area contributed by atoms with Crippen LogP contribution in [0.5, 0.6) is 5.75 Å². The molecule has 28 heavy (non-hydrogen) atoms. The van der Waals surface area contributed by atoms with Crippen molar-refractivity contribution in [1.29, 1.82) is 0 Å². The highest BCUT2D eigenvalue weighted by Gasteiger charge is 2.18. The Morgan fingerprint density at radius 1 is 1.11 bits per heavy atom. The molecule has 0 aliphatic rings. The summed E-state index contributed by atoms with van der Waals surface area (Å²) in [6, 6.07) is 11.9. The minimum absolute atomic E-state index is 0.132. The van der Waals surface area contributed by atoms with Gasteiger partial charge >= 0.3 is 11.8 Å². The molecular formula is C20H18N2O5S. The van der Waals surface area contributed by atoms with E-state index >= 15 is 0 Å². The number of carbonyl (C=O) groups is 3.